The van der Waals surface area contributed by atoms with Crippen LogP contribution in [0.5, 0.6) is 0 Å². The minimum absolute atomic E-state index is 0. The number of carbonyl (C=O) groups is 1. The molecule has 1 saturated heterocycles. The van der Waals surface area contributed by atoms with E-state index in [-0.39, 0.29) is 30.3 Å². The van der Waals surface area contributed by atoms with Gasteiger partial charge in [0.05, 0.1) is 15.2 Å². The number of hydrogen-bond donors (Lipinski definition) is 2. The van der Waals surface area contributed by atoms with E-state index < -0.39 is 0 Å². The first-order valence-corrected chi connectivity index (χ1v) is 8.81. The largest absolute Gasteiger partial charge is 0.353 e. The van der Waals surface area contributed by atoms with E-state index in [1.165, 1.54) is 4.70 Å². The Morgan fingerprint density at radius 1 is 1.48 bits per heavy atom. The van der Waals surface area contributed by atoms with Gasteiger partial charge in [0.25, 0.3) is 0 Å². The Bertz CT molecular complexity index is 627. The normalized spacial score (nSPS) is 22.3. The molecule has 2 aromatic rings. The molecule has 126 valence electrons. The van der Waals surface area contributed by atoms with Gasteiger partial charge >= 0.3 is 0 Å². The van der Waals surface area contributed by atoms with Crippen molar-refractivity contribution in [3.05, 3.63) is 29.3 Å². The van der Waals surface area contributed by atoms with Gasteiger partial charge in [-0.1, -0.05) is 12.1 Å². The molecule has 3 rings (SSSR count). The van der Waals surface area contributed by atoms with Crippen LogP contribution in [0.4, 0.5) is 0 Å². The number of nitrogens with one attached hydrogen (secondary N) is 2. The molecule has 23 heavy (non-hydrogen) atoms. The summed E-state index contributed by atoms with van der Waals surface area (Å²) in [5.74, 6) is 0.344. The summed E-state index contributed by atoms with van der Waals surface area (Å²) < 4.78 is 1.21. The number of carbonyl (C=O) groups excluding carboxylic acids is 1. The summed E-state index contributed by atoms with van der Waals surface area (Å²) in [7, 11) is 0. The molecule has 2 N–H and O–H groups in total. The number of nitrogens with zero attached hydrogens (tertiary/aromatic N) is 1. The third-order valence-corrected chi connectivity index (χ3v) is 5.26. The maximum absolute atomic E-state index is 12.4. The number of aromatic nitrogens is 1. The summed E-state index contributed by atoms with van der Waals surface area (Å²) >= 11 is 1.72. The van der Waals surface area contributed by atoms with E-state index in [2.05, 4.69) is 35.5 Å². The third-order valence-electron chi connectivity index (χ3n) is 4.20. The summed E-state index contributed by atoms with van der Waals surface area (Å²) in [5, 5.41) is 7.64. The SMILES string of the molecule is CC(Cc1nc2ccccc2s1)NC(=O)[C@H]1CCN[C@@H](C)C1.Cl. The minimum Gasteiger partial charge on any atom is -0.353 e. The van der Waals surface area contributed by atoms with Crippen molar-refractivity contribution in [2.45, 2.75) is 45.2 Å². The van der Waals surface area contributed by atoms with Gasteiger partial charge in [-0.2, -0.15) is 0 Å². The van der Waals surface area contributed by atoms with Crippen LogP contribution >= 0.6 is 23.7 Å². The van der Waals surface area contributed by atoms with Gasteiger partial charge in [-0.05, 0) is 45.4 Å². The lowest BCUT2D eigenvalue weighted by atomic mass is 9.92. The van der Waals surface area contributed by atoms with Gasteiger partial charge in [-0.15, -0.1) is 23.7 Å². The number of halogens is 1. The van der Waals surface area contributed by atoms with Gasteiger partial charge < -0.3 is 10.6 Å². The molecule has 0 bridgehead atoms. The molecule has 1 unspecified atom stereocenters. The van der Waals surface area contributed by atoms with Crippen LogP contribution < -0.4 is 10.6 Å². The second-order valence-corrected chi connectivity index (χ2v) is 7.38. The standard InChI is InChI=1S/C17H23N3OS.ClH/c1-11-9-13(7-8-18-11)17(21)19-12(2)10-16-20-14-5-3-4-6-15(14)22-16;/h3-6,11-13,18H,7-10H2,1-2H3,(H,19,21);1H/t11-,12?,13-;/m0./s1. The van der Waals surface area contributed by atoms with Gasteiger partial charge in [0.1, 0.15) is 0 Å². The number of hydrogen-bond acceptors (Lipinski definition) is 4. The number of amides is 1. The minimum atomic E-state index is 0. The first kappa shape index (κ1) is 18.2. The average molecular weight is 354 g/mol. The second kappa shape index (κ2) is 8.08. The number of thiazole rings is 1. The average Bonchev–Trinajstić information content (AvgIpc) is 2.89. The number of para-hydroxylation sites is 1. The van der Waals surface area contributed by atoms with E-state index >= 15 is 0 Å². The highest BCUT2D eigenvalue weighted by molar-refractivity contribution is 7.18. The van der Waals surface area contributed by atoms with E-state index in [0.717, 1.165) is 36.3 Å². The highest BCUT2D eigenvalue weighted by Gasteiger charge is 2.25. The number of fused-ring (bicyclic) bond motifs is 1. The zero-order chi connectivity index (χ0) is 15.5. The van der Waals surface area contributed by atoms with E-state index in [1.54, 1.807) is 11.3 Å². The quantitative estimate of drug-likeness (QED) is 0.887. The van der Waals surface area contributed by atoms with Crippen molar-refractivity contribution in [2.75, 3.05) is 6.54 Å². The molecule has 0 spiro atoms. The molecule has 4 nitrogen and oxygen atoms in total. The predicted molar refractivity (Wildman–Crippen MR) is 98.4 cm³/mol. The highest BCUT2D eigenvalue weighted by atomic mass is 35.5. The van der Waals surface area contributed by atoms with Gasteiger partial charge in [-0.25, -0.2) is 4.98 Å². The molecule has 2 heterocycles. The van der Waals surface area contributed by atoms with E-state index in [4.69, 9.17) is 0 Å². The number of piperidine rings is 1. The molecule has 0 saturated carbocycles. The molecule has 0 radical (unpaired) electrons. The van der Waals surface area contributed by atoms with Crippen LogP contribution in [-0.4, -0.2) is 29.5 Å². The lowest BCUT2D eigenvalue weighted by Crippen LogP contribution is -2.45. The fourth-order valence-electron chi connectivity index (χ4n) is 3.05. The van der Waals surface area contributed by atoms with E-state index in [0.29, 0.717) is 6.04 Å². The maximum Gasteiger partial charge on any atom is 0.223 e. The monoisotopic (exact) mass is 353 g/mol. The van der Waals surface area contributed by atoms with Gasteiger partial charge in [0, 0.05) is 24.4 Å². The topological polar surface area (TPSA) is 54.0 Å². The lowest BCUT2D eigenvalue weighted by molar-refractivity contribution is -0.126. The Hall–Kier alpha value is -1.17. The fourth-order valence-corrected chi connectivity index (χ4v) is 4.15. The van der Waals surface area contributed by atoms with Crippen LogP contribution in [0.2, 0.25) is 0 Å². The molecular weight excluding hydrogens is 330 g/mol. The van der Waals surface area contributed by atoms with Gasteiger partial charge in [-0.3, -0.25) is 4.79 Å². The van der Waals surface area contributed by atoms with Crippen LogP contribution in [0, 0.1) is 5.92 Å². The zero-order valence-corrected chi connectivity index (χ0v) is 15.2. The first-order valence-electron chi connectivity index (χ1n) is 8.00. The summed E-state index contributed by atoms with van der Waals surface area (Å²) in [6.45, 7) is 5.14. The second-order valence-electron chi connectivity index (χ2n) is 6.27. The van der Waals surface area contributed by atoms with Crippen LogP contribution in [0.1, 0.15) is 31.7 Å². The molecule has 1 aromatic heterocycles. The number of rotatable bonds is 4. The lowest BCUT2D eigenvalue weighted by Gasteiger charge is -2.28. The Labute approximate surface area is 147 Å². The molecular formula is C17H24ClN3OS. The number of benzene rings is 1. The first-order chi connectivity index (χ1) is 10.6. The van der Waals surface area contributed by atoms with E-state index in [9.17, 15) is 4.79 Å². The van der Waals surface area contributed by atoms with Crippen molar-refractivity contribution in [2.24, 2.45) is 5.92 Å². The Balaban J connectivity index is 0.00000192. The van der Waals surface area contributed by atoms with Crippen molar-refractivity contribution in [3.63, 3.8) is 0 Å². The van der Waals surface area contributed by atoms with Crippen LogP contribution in [-0.2, 0) is 11.2 Å². The fraction of sp³-hybridized carbons (Fsp3) is 0.529. The molecule has 1 fully saturated rings. The van der Waals surface area contributed by atoms with Crippen molar-refractivity contribution in [3.8, 4) is 0 Å². The van der Waals surface area contributed by atoms with Gasteiger partial charge in [0.15, 0.2) is 0 Å². The molecule has 1 aliphatic rings. The van der Waals surface area contributed by atoms with Gasteiger partial charge in [0.2, 0.25) is 5.91 Å². The smallest absolute Gasteiger partial charge is 0.223 e. The maximum atomic E-state index is 12.4. The Morgan fingerprint density at radius 3 is 3.00 bits per heavy atom. The summed E-state index contributed by atoms with van der Waals surface area (Å²) in [6.07, 6.45) is 2.66. The van der Waals surface area contributed by atoms with E-state index in [1.807, 2.05) is 18.2 Å². The third kappa shape index (κ3) is 4.66. The Kier molecular flexibility index (Phi) is 6.39. The summed E-state index contributed by atoms with van der Waals surface area (Å²) in [5.41, 5.74) is 1.05. The summed E-state index contributed by atoms with van der Waals surface area (Å²) in [4.78, 5) is 17.0. The van der Waals surface area contributed by atoms with Crippen molar-refractivity contribution >= 4 is 39.9 Å². The molecule has 1 amide bonds. The van der Waals surface area contributed by atoms with Crippen LogP contribution in [0.3, 0.4) is 0 Å². The molecule has 3 atom stereocenters. The molecule has 0 aliphatic carbocycles. The molecule has 6 heteroatoms. The Morgan fingerprint density at radius 2 is 2.26 bits per heavy atom. The highest BCUT2D eigenvalue weighted by Crippen LogP contribution is 2.22. The van der Waals surface area contributed by atoms with Crippen LogP contribution in [0.15, 0.2) is 24.3 Å². The van der Waals surface area contributed by atoms with Crippen LogP contribution in [0.25, 0.3) is 10.2 Å². The predicted octanol–water partition coefficient (Wildman–Crippen LogP) is 3.15. The van der Waals surface area contributed by atoms with Crippen molar-refractivity contribution in [1.82, 2.24) is 15.6 Å². The summed E-state index contributed by atoms with van der Waals surface area (Å²) in [6, 6.07) is 8.73. The molecule has 1 aliphatic heterocycles. The molecule has 1 aromatic carbocycles. The van der Waals surface area contributed by atoms with Crippen molar-refractivity contribution in [1.29, 1.82) is 0 Å². The van der Waals surface area contributed by atoms with Crippen molar-refractivity contribution < 1.29 is 4.79 Å². The zero-order valence-electron chi connectivity index (χ0n) is 13.5.